The van der Waals surface area contributed by atoms with Gasteiger partial charge in [-0.15, -0.1) is 0 Å². The molecule has 1 aromatic carbocycles. The van der Waals surface area contributed by atoms with Gasteiger partial charge in [0.05, 0.1) is 25.1 Å². The number of carboxylic acids is 1. The van der Waals surface area contributed by atoms with E-state index in [4.69, 9.17) is 5.73 Å². The number of rotatable bonds is 24. The summed E-state index contributed by atoms with van der Waals surface area (Å²) in [5.74, 6) is -7.85. The first-order valence-corrected chi connectivity index (χ1v) is 22.8. The molecule has 2 fully saturated rings. The number of aldehydes is 1. The molecule has 2 saturated heterocycles. The molecular formula is C41H63N8O14P. The van der Waals surface area contributed by atoms with Crippen LogP contribution in [0.1, 0.15) is 85.1 Å². The molecule has 10 N–H and O–H groups in total. The Morgan fingerprint density at radius 2 is 1.25 bits per heavy atom. The first-order valence-electron chi connectivity index (χ1n) is 21.3. The van der Waals surface area contributed by atoms with E-state index in [-0.39, 0.29) is 44.1 Å². The van der Waals surface area contributed by atoms with Crippen LogP contribution < -0.4 is 32.3 Å². The molecule has 64 heavy (non-hydrogen) atoms. The van der Waals surface area contributed by atoms with Crippen LogP contribution >= 0.6 is 7.82 Å². The van der Waals surface area contributed by atoms with E-state index in [2.05, 4.69) is 31.1 Å². The van der Waals surface area contributed by atoms with Crippen molar-refractivity contribution >= 4 is 61.4 Å². The molecule has 0 bridgehead atoms. The van der Waals surface area contributed by atoms with E-state index in [9.17, 15) is 62.6 Å². The van der Waals surface area contributed by atoms with Gasteiger partial charge in [-0.3, -0.25) is 42.9 Å². The van der Waals surface area contributed by atoms with Crippen LogP contribution in [0.4, 0.5) is 0 Å². The highest BCUT2D eigenvalue weighted by atomic mass is 31.2. The van der Waals surface area contributed by atoms with Gasteiger partial charge in [0, 0.05) is 19.5 Å². The maximum absolute atomic E-state index is 14.4. The summed E-state index contributed by atoms with van der Waals surface area (Å²) >= 11 is 0. The van der Waals surface area contributed by atoms with Crippen molar-refractivity contribution in [3.63, 3.8) is 0 Å². The molecule has 8 atom stereocenters. The number of benzene rings is 1. The number of carboxylic acid groups (broad SMARTS) is 1. The lowest BCUT2D eigenvalue weighted by Crippen LogP contribution is -2.61. The van der Waals surface area contributed by atoms with E-state index >= 15 is 0 Å². The van der Waals surface area contributed by atoms with Crippen molar-refractivity contribution in [2.24, 2.45) is 17.6 Å². The summed E-state index contributed by atoms with van der Waals surface area (Å²) in [6.45, 7) is 7.53. The minimum absolute atomic E-state index is 0.0106. The monoisotopic (exact) mass is 922 g/mol. The van der Waals surface area contributed by atoms with E-state index in [1.165, 1.54) is 16.7 Å². The molecule has 1 aromatic rings. The first kappa shape index (κ1) is 53.1. The fraction of sp³-hybridized carbons (Fsp3) is 0.634. The summed E-state index contributed by atoms with van der Waals surface area (Å²) in [4.78, 5) is 141. The van der Waals surface area contributed by atoms with Crippen LogP contribution in [0.5, 0.6) is 0 Å². The van der Waals surface area contributed by atoms with Gasteiger partial charge in [-0.1, -0.05) is 58.0 Å². The van der Waals surface area contributed by atoms with Crippen molar-refractivity contribution in [2.45, 2.75) is 134 Å². The molecule has 356 valence electrons. The minimum atomic E-state index is -5.26. The number of nitrogens with one attached hydrogen (secondary N) is 5. The summed E-state index contributed by atoms with van der Waals surface area (Å²) in [5, 5.41) is 21.6. The molecule has 3 rings (SSSR count). The highest BCUT2D eigenvalue weighted by molar-refractivity contribution is 7.46. The number of nitrogens with two attached hydrogens (primary N) is 1. The zero-order chi connectivity index (χ0) is 47.9. The second-order valence-electron chi connectivity index (χ2n) is 17.0. The van der Waals surface area contributed by atoms with Gasteiger partial charge in [0.1, 0.15) is 42.5 Å². The number of nitrogens with zero attached hydrogens (tertiary/aromatic N) is 2. The summed E-state index contributed by atoms with van der Waals surface area (Å²) in [5.41, 5.74) is 6.31. The van der Waals surface area contributed by atoms with Gasteiger partial charge in [-0.05, 0) is 62.8 Å². The molecule has 2 heterocycles. The maximum atomic E-state index is 14.4. The summed E-state index contributed by atoms with van der Waals surface area (Å²) in [7, 11) is -5.26. The summed E-state index contributed by atoms with van der Waals surface area (Å²) in [6, 6.07) is -1.29. The van der Waals surface area contributed by atoms with Gasteiger partial charge in [-0.25, -0.2) is 4.57 Å². The second kappa shape index (κ2) is 24.7. The minimum Gasteiger partial charge on any atom is -0.481 e. The average Bonchev–Trinajstić information content (AvgIpc) is 3.91. The molecule has 7 amide bonds. The SMILES string of the molecule is CC(C)C[C@H](NC(=O)[C@H](CC(=O)O)NC(=O)[C@H](C)N)C(=O)N[C@@H](COP(=O)(O)O)C(=O)N[C@@H](CC(C)C)C(=O)N1CCC[C@H]1C(=O)N[C@@H](Cc1ccccc1)C(=O)N1CCC[C@H]1C=O. The van der Waals surface area contributed by atoms with E-state index < -0.39 is 117 Å². The van der Waals surface area contributed by atoms with Crippen LogP contribution in [0.2, 0.25) is 0 Å². The fourth-order valence-corrected chi connectivity index (χ4v) is 7.83. The fourth-order valence-electron chi connectivity index (χ4n) is 7.48. The molecular weight excluding hydrogens is 859 g/mol. The predicted octanol–water partition coefficient (Wildman–Crippen LogP) is -1.14. The maximum Gasteiger partial charge on any atom is 0.469 e. The van der Waals surface area contributed by atoms with Crippen LogP contribution in [0.25, 0.3) is 0 Å². The smallest absolute Gasteiger partial charge is 0.469 e. The molecule has 0 aliphatic carbocycles. The Labute approximate surface area is 371 Å². The largest absolute Gasteiger partial charge is 0.481 e. The van der Waals surface area contributed by atoms with Gasteiger partial charge < -0.3 is 61.8 Å². The zero-order valence-corrected chi connectivity index (χ0v) is 37.7. The predicted molar refractivity (Wildman–Crippen MR) is 228 cm³/mol. The lowest BCUT2D eigenvalue weighted by Gasteiger charge is -2.32. The standard InChI is InChI=1S/C41H63N8O14P/c1-23(2)17-28(44-37(55)29(20-34(51)52)43-35(53)25(5)42)36(54)47-32(22-63-64(60,61)62)38(56)45-30(18-24(3)4)41(59)49-16-10-14-33(49)39(57)46-31(19-26-11-7-6-8-12-26)40(58)48-15-9-13-27(48)21-50/h6-8,11-12,21,23-25,27-33H,9-10,13-20,22,42H2,1-5H3,(H,43,53)(H,44,55)(H,45,56)(H,46,57)(H,47,54)(H,51,52)(H2,60,61,62)/t25-,27-,28-,29-,30-,31-,32-,33-/m0/s1. The Hall–Kier alpha value is -5.28. The van der Waals surface area contributed by atoms with Crippen LogP contribution in [0, 0.1) is 11.8 Å². The molecule has 0 saturated carbocycles. The normalized spacial score (nSPS) is 19.2. The molecule has 2 aliphatic heterocycles. The Bertz CT molecular complexity index is 1880. The highest BCUT2D eigenvalue weighted by Crippen LogP contribution is 2.35. The third kappa shape index (κ3) is 16.7. The van der Waals surface area contributed by atoms with E-state index in [0.717, 1.165) is 5.56 Å². The number of phosphoric ester groups is 1. The topological polar surface area (TPSA) is 333 Å². The van der Waals surface area contributed by atoms with E-state index in [1.807, 2.05) is 0 Å². The van der Waals surface area contributed by atoms with Gasteiger partial charge in [0.25, 0.3) is 0 Å². The van der Waals surface area contributed by atoms with Gasteiger partial charge >= 0.3 is 13.8 Å². The van der Waals surface area contributed by atoms with Crippen molar-refractivity contribution in [1.29, 1.82) is 0 Å². The quantitative estimate of drug-likeness (QED) is 0.0437. The molecule has 0 unspecified atom stereocenters. The summed E-state index contributed by atoms with van der Waals surface area (Å²) < 4.78 is 16.4. The molecule has 0 aromatic heterocycles. The molecule has 0 spiro atoms. The van der Waals surface area contributed by atoms with Crippen molar-refractivity contribution in [1.82, 2.24) is 36.4 Å². The summed E-state index contributed by atoms with van der Waals surface area (Å²) in [6.07, 6.45) is 1.57. The molecule has 23 heteroatoms. The third-order valence-corrected chi connectivity index (χ3v) is 11.1. The lowest BCUT2D eigenvalue weighted by atomic mass is 10.0. The highest BCUT2D eigenvalue weighted by Gasteiger charge is 2.42. The third-order valence-electron chi connectivity index (χ3n) is 10.6. The molecule has 22 nitrogen and oxygen atoms in total. The van der Waals surface area contributed by atoms with Crippen LogP contribution in [0.3, 0.4) is 0 Å². The second-order valence-corrected chi connectivity index (χ2v) is 18.2. The molecule has 0 radical (unpaired) electrons. The lowest BCUT2D eigenvalue weighted by molar-refractivity contribution is -0.144. The van der Waals surface area contributed by atoms with Gasteiger partial charge in [0.2, 0.25) is 41.4 Å². The van der Waals surface area contributed by atoms with Gasteiger partial charge in [0.15, 0.2) is 0 Å². The number of carbonyl (C=O) groups is 9. The Morgan fingerprint density at radius 3 is 1.83 bits per heavy atom. The van der Waals surface area contributed by atoms with Crippen molar-refractivity contribution in [2.75, 3.05) is 19.7 Å². The zero-order valence-electron chi connectivity index (χ0n) is 36.8. The molecule has 2 aliphatic rings. The first-order chi connectivity index (χ1) is 30.0. The van der Waals surface area contributed by atoms with Crippen molar-refractivity contribution in [3.05, 3.63) is 35.9 Å². The number of likely N-dealkylation sites (tertiary alicyclic amines) is 2. The van der Waals surface area contributed by atoms with Crippen LogP contribution in [-0.2, 0) is 58.7 Å². The van der Waals surface area contributed by atoms with Crippen LogP contribution in [-0.4, -0.2) is 146 Å². The Balaban J connectivity index is 1.87. The number of amides is 7. The Morgan fingerprint density at radius 1 is 0.734 bits per heavy atom. The number of hydrogen-bond acceptors (Lipinski definition) is 12. The average molecular weight is 923 g/mol. The Kier molecular flexibility index (Phi) is 20.5. The van der Waals surface area contributed by atoms with Crippen LogP contribution in [0.15, 0.2) is 30.3 Å². The van der Waals surface area contributed by atoms with Crippen molar-refractivity contribution in [3.8, 4) is 0 Å². The van der Waals surface area contributed by atoms with E-state index in [1.54, 1.807) is 58.0 Å². The number of aliphatic carboxylic acids is 1. The van der Waals surface area contributed by atoms with Crippen molar-refractivity contribution < 1.29 is 67.1 Å². The van der Waals surface area contributed by atoms with Gasteiger partial charge in [-0.2, -0.15) is 0 Å². The number of phosphoric acid groups is 1. The van der Waals surface area contributed by atoms with E-state index in [0.29, 0.717) is 32.1 Å². The number of carbonyl (C=O) groups excluding carboxylic acids is 8. The number of hydrogen-bond donors (Lipinski definition) is 9.